The van der Waals surface area contributed by atoms with E-state index in [1.807, 2.05) is 12.1 Å². The van der Waals surface area contributed by atoms with Crippen molar-refractivity contribution in [2.45, 2.75) is 33.1 Å². The van der Waals surface area contributed by atoms with Gasteiger partial charge in [-0.3, -0.25) is 0 Å². The summed E-state index contributed by atoms with van der Waals surface area (Å²) in [5.41, 5.74) is 12.0. The Kier molecular flexibility index (Phi) is 7.46. The van der Waals surface area contributed by atoms with Gasteiger partial charge in [-0.1, -0.05) is 142 Å². The van der Waals surface area contributed by atoms with Gasteiger partial charge in [0, 0.05) is 10.8 Å². The molecule has 0 bridgehead atoms. The minimum Gasteiger partial charge on any atom is -0.456 e. The van der Waals surface area contributed by atoms with E-state index in [1.54, 1.807) is 0 Å². The fourth-order valence-electron chi connectivity index (χ4n) is 5.60. The zero-order valence-electron chi connectivity index (χ0n) is 23.2. The van der Waals surface area contributed by atoms with Gasteiger partial charge in [-0.2, -0.15) is 0 Å². The van der Waals surface area contributed by atoms with E-state index in [1.165, 1.54) is 49.9 Å². The summed E-state index contributed by atoms with van der Waals surface area (Å²) in [4.78, 5) is 0. The lowest BCUT2D eigenvalue weighted by atomic mass is 9.92. The van der Waals surface area contributed by atoms with E-state index in [0.717, 1.165) is 35.8 Å². The molecule has 0 aliphatic rings. The van der Waals surface area contributed by atoms with Crippen LogP contribution in [0.1, 0.15) is 44.2 Å². The molecule has 0 amide bonds. The van der Waals surface area contributed by atoms with E-state index in [0.29, 0.717) is 0 Å². The first-order chi connectivity index (χ1) is 19.7. The predicted molar refractivity (Wildman–Crippen MR) is 172 cm³/mol. The van der Waals surface area contributed by atoms with Gasteiger partial charge >= 0.3 is 0 Å². The van der Waals surface area contributed by atoms with Crippen LogP contribution in [0.25, 0.3) is 55.3 Å². The lowest BCUT2D eigenvalue weighted by Gasteiger charge is -2.12. The highest BCUT2D eigenvalue weighted by Gasteiger charge is 2.12. The third kappa shape index (κ3) is 5.16. The second-order valence-electron chi connectivity index (χ2n) is 10.3. The summed E-state index contributed by atoms with van der Waals surface area (Å²) in [6, 6.07) is 43.2. The highest BCUT2D eigenvalue weighted by atomic mass is 16.3. The van der Waals surface area contributed by atoms with Gasteiger partial charge in [0.2, 0.25) is 0 Å². The maximum Gasteiger partial charge on any atom is 0.136 e. The summed E-state index contributed by atoms with van der Waals surface area (Å²) < 4.78 is 6.13. The molecule has 0 N–H and O–H groups in total. The molecule has 0 aliphatic carbocycles. The second kappa shape index (κ2) is 11.6. The molecule has 0 radical (unpaired) electrons. The SMILES string of the molecule is CC/C=C(/C=C(\CCC)c1ccc(-c2cccc3oc4ccccc4c23)cc1)c1ccc(-c2ccccc2)cc1. The first-order valence-electron chi connectivity index (χ1n) is 14.3. The summed E-state index contributed by atoms with van der Waals surface area (Å²) in [5, 5.41) is 2.35. The summed E-state index contributed by atoms with van der Waals surface area (Å²) >= 11 is 0. The Balaban J connectivity index is 1.34. The molecule has 1 heterocycles. The maximum absolute atomic E-state index is 6.13. The fourth-order valence-corrected chi connectivity index (χ4v) is 5.60. The van der Waals surface area contributed by atoms with E-state index in [4.69, 9.17) is 4.42 Å². The van der Waals surface area contributed by atoms with E-state index < -0.39 is 0 Å². The van der Waals surface area contributed by atoms with Crippen LogP contribution >= 0.6 is 0 Å². The molecule has 0 unspecified atom stereocenters. The normalized spacial score (nSPS) is 12.3. The molecule has 196 valence electrons. The van der Waals surface area contributed by atoms with Crippen LogP contribution in [0.5, 0.6) is 0 Å². The molecule has 6 rings (SSSR count). The van der Waals surface area contributed by atoms with Crippen LogP contribution < -0.4 is 0 Å². The van der Waals surface area contributed by atoms with Gasteiger partial charge in [-0.05, 0) is 69.5 Å². The van der Waals surface area contributed by atoms with Crippen molar-refractivity contribution < 1.29 is 4.42 Å². The molecule has 1 heteroatoms. The molecule has 0 spiro atoms. The van der Waals surface area contributed by atoms with E-state index in [-0.39, 0.29) is 0 Å². The van der Waals surface area contributed by atoms with Crippen molar-refractivity contribution in [3.05, 3.63) is 145 Å². The quantitative estimate of drug-likeness (QED) is 0.183. The first-order valence-corrected chi connectivity index (χ1v) is 14.3. The number of hydrogen-bond acceptors (Lipinski definition) is 1. The van der Waals surface area contributed by atoms with Crippen molar-refractivity contribution in [1.29, 1.82) is 0 Å². The van der Waals surface area contributed by atoms with Crippen LogP contribution in [-0.2, 0) is 0 Å². The number of benzene rings is 5. The molecule has 0 atom stereocenters. The Hall–Kier alpha value is -4.62. The average Bonchev–Trinajstić information content (AvgIpc) is 3.40. The zero-order valence-corrected chi connectivity index (χ0v) is 23.2. The van der Waals surface area contributed by atoms with Crippen LogP contribution in [0.3, 0.4) is 0 Å². The van der Waals surface area contributed by atoms with Gasteiger partial charge in [-0.25, -0.2) is 0 Å². The average molecular weight is 519 g/mol. The molecule has 0 saturated carbocycles. The number of rotatable bonds is 8. The molecule has 1 aromatic heterocycles. The predicted octanol–water partition coefficient (Wildman–Crippen LogP) is 11.6. The van der Waals surface area contributed by atoms with E-state index in [9.17, 15) is 0 Å². The molecule has 0 aliphatic heterocycles. The highest BCUT2D eigenvalue weighted by molar-refractivity contribution is 6.12. The summed E-state index contributed by atoms with van der Waals surface area (Å²) in [6.07, 6.45) is 7.86. The van der Waals surface area contributed by atoms with Gasteiger partial charge < -0.3 is 4.42 Å². The number of allylic oxidation sites excluding steroid dienone is 4. The molecule has 6 aromatic rings. The molecule has 0 fully saturated rings. The standard InChI is InChI=1S/C39H34O/c1-3-11-33(30-21-19-29(20-22-30)28-13-6-5-7-14-28)27-34(12-4-2)31-23-25-32(26-24-31)35-16-10-18-38-39(35)36-15-8-9-17-37(36)40-38/h5-11,13-27H,3-4,12H2,1-2H3/b33-11-,34-27+. The first kappa shape index (κ1) is 25.6. The van der Waals surface area contributed by atoms with Gasteiger partial charge in [0.25, 0.3) is 0 Å². The zero-order chi connectivity index (χ0) is 27.3. The number of para-hydroxylation sites is 1. The Morgan fingerprint density at radius 2 is 1.25 bits per heavy atom. The monoisotopic (exact) mass is 518 g/mol. The van der Waals surface area contributed by atoms with E-state index in [2.05, 4.69) is 135 Å². The smallest absolute Gasteiger partial charge is 0.136 e. The van der Waals surface area contributed by atoms with Crippen molar-refractivity contribution in [2.24, 2.45) is 0 Å². The number of hydrogen-bond donors (Lipinski definition) is 0. The second-order valence-corrected chi connectivity index (χ2v) is 10.3. The highest BCUT2D eigenvalue weighted by Crippen LogP contribution is 2.37. The fraction of sp³-hybridized carbons (Fsp3) is 0.128. The van der Waals surface area contributed by atoms with Crippen LogP contribution in [0.15, 0.2) is 138 Å². The summed E-state index contributed by atoms with van der Waals surface area (Å²) in [6.45, 7) is 4.46. The van der Waals surface area contributed by atoms with Gasteiger partial charge in [-0.15, -0.1) is 0 Å². The van der Waals surface area contributed by atoms with Gasteiger partial charge in [0.1, 0.15) is 11.2 Å². The van der Waals surface area contributed by atoms with Crippen molar-refractivity contribution in [3.63, 3.8) is 0 Å². The van der Waals surface area contributed by atoms with Crippen molar-refractivity contribution in [1.82, 2.24) is 0 Å². The Labute approximate surface area is 237 Å². The van der Waals surface area contributed by atoms with Crippen molar-refractivity contribution in [2.75, 3.05) is 0 Å². The lowest BCUT2D eigenvalue weighted by Crippen LogP contribution is -1.89. The maximum atomic E-state index is 6.13. The Bertz CT molecular complexity index is 1800. The van der Waals surface area contributed by atoms with Crippen molar-refractivity contribution >= 4 is 33.1 Å². The summed E-state index contributed by atoms with van der Waals surface area (Å²) in [5.74, 6) is 0. The molecule has 40 heavy (non-hydrogen) atoms. The molecule has 5 aromatic carbocycles. The van der Waals surface area contributed by atoms with Crippen LogP contribution in [0, 0.1) is 0 Å². The molecule has 0 saturated heterocycles. The largest absolute Gasteiger partial charge is 0.456 e. The van der Waals surface area contributed by atoms with Crippen molar-refractivity contribution in [3.8, 4) is 22.3 Å². The van der Waals surface area contributed by atoms with Crippen LogP contribution in [0.4, 0.5) is 0 Å². The van der Waals surface area contributed by atoms with Crippen LogP contribution in [0.2, 0.25) is 0 Å². The minimum atomic E-state index is 0.932. The molecular formula is C39H34O. The third-order valence-electron chi connectivity index (χ3n) is 7.57. The van der Waals surface area contributed by atoms with E-state index >= 15 is 0 Å². The Morgan fingerprint density at radius 3 is 2.00 bits per heavy atom. The minimum absolute atomic E-state index is 0.932. The lowest BCUT2D eigenvalue weighted by molar-refractivity contribution is 0.669. The van der Waals surface area contributed by atoms with Gasteiger partial charge in [0.05, 0.1) is 0 Å². The Morgan fingerprint density at radius 1 is 0.600 bits per heavy atom. The van der Waals surface area contributed by atoms with Crippen LogP contribution in [-0.4, -0.2) is 0 Å². The third-order valence-corrected chi connectivity index (χ3v) is 7.57. The van der Waals surface area contributed by atoms with Gasteiger partial charge in [0.15, 0.2) is 0 Å². The number of fused-ring (bicyclic) bond motifs is 3. The molecular weight excluding hydrogens is 484 g/mol. The summed E-state index contributed by atoms with van der Waals surface area (Å²) in [7, 11) is 0. The molecule has 1 nitrogen and oxygen atoms in total. The topological polar surface area (TPSA) is 13.1 Å². The number of furan rings is 1.